The summed E-state index contributed by atoms with van der Waals surface area (Å²) in [5.74, 6) is -0.128. The van der Waals surface area contributed by atoms with Crippen LogP contribution in [0.15, 0.2) is 60.7 Å². The van der Waals surface area contributed by atoms with Crippen molar-refractivity contribution in [2.24, 2.45) is 0 Å². The van der Waals surface area contributed by atoms with Crippen LogP contribution in [-0.4, -0.2) is 36.2 Å². The topological polar surface area (TPSA) is 43.4 Å². The summed E-state index contributed by atoms with van der Waals surface area (Å²) < 4.78 is 4.85. The summed E-state index contributed by atoms with van der Waals surface area (Å²) in [6, 6.07) is 20.0. The highest BCUT2D eigenvalue weighted by atomic mass is 16.5. The highest BCUT2D eigenvalue weighted by Crippen LogP contribution is 2.35. The first-order valence-corrected chi connectivity index (χ1v) is 9.19. The van der Waals surface area contributed by atoms with E-state index in [2.05, 4.69) is 0 Å². The number of methoxy groups -OCH3 is 1. The summed E-state index contributed by atoms with van der Waals surface area (Å²) in [6.45, 7) is 2.50. The normalized spacial score (nSPS) is 22.3. The molecule has 0 aliphatic carbocycles. The number of amides is 2. The van der Waals surface area contributed by atoms with E-state index in [1.54, 1.807) is 0 Å². The van der Waals surface area contributed by atoms with Crippen molar-refractivity contribution < 1.29 is 18.8 Å². The van der Waals surface area contributed by atoms with Crippen LogP contribution < -0.4 is 0 Å². The van der Waals surface area contributed by atoms with Crippen molar-refractivity contribution in [3.63, 3.8) is 0 Å². The molecule has 2 aromatic rings. The number of carbonyl (C=O) groups is 2. The van der Waals surface area contributed by atoms with E-state index in [0.717, 1.165) is 24.0 Å². The Kier molecular flexibility index (Phi) is 5.52. The van der Waals surface area contributed by atoms with Gasteiger partial charge in [-0.15, -0.1) is 0 Å². The molecule has 136 valence electrons. The Hall–Kier alpha value is -2.46. The fourth-order valence-electron chi connectivity index (χ4n) is 4.12. The Labute approximate surface area is 155 Å². The van der Waals surface area contributed by atoms with Crippen LogP contribution in [-0.2, 0) is 9.53 Å². The van der Waals surface area contributed by atoms with Crippen LogP contribution in [0.1, 0.15) is 43.2 Å². The quantitative estimate of drug-likeness (QED) is 0.761. The Morgan fingerprint density at radius 3 is 2.00 bits per heavy atom. The molecule has 1 fully saturated rings. The predicted molar refractivity (Wildman–Crippen MR) is 101 cm³/mol. The molecule has 3 rings (SSSR count). The zero-order valence-corrected chi connectivity index (χ0v) is 15.4. The van der Waals surface area contributed by atoms with Gasteiger partial charge >= 0.3 is 12.0 Å². The van der Waals surface area contributed by atoms with E-state index in [0.29, 0.717) is 6.54 Å². The van der Waals surface area contributed by atoms with Gasteiger partial charge in [0.1, 0.15) is 6.04 Å². The van der Waals surface area contributed by atoms with Crippen molar-refractivity contribution in [2.75, 3.05) is 13.7 Å². The zero-order valence-electron chi connectivity index (χ0n) is 15.4. The Morgan fingerprint density at radius 2 is 1.58 bits per heavy atom. The lowest BCUT2D eigenvalue weighted by Gasteiger charge is -2.32. The number of imide groups is 1. The third-order valence-electron chi connectivity index (χ3n) is 5.61. The SMILES string of the molecule is COC(=O)[N+]1(C(=O)CC(c2ccccc2)c2ccccc2)CCC[C@H]1C. The molecule has 1 saturated heterocycles. The number of quaternary nitrogens is 1. The second-order valence-electron chi connectivity index (χ2n) is 7.03. The summed E-state index contributed by atoms with van der Waals surface area (Å²) in [5, 5.41) is 0. The zero-order chi connectivity index (χ0) is 18.6. The number of rotatable bonds is 4. The third kappa shape index (κ3) is 3.29. The first kappa shape index (κ1) is 18.3. The molecule has 2 amide bonds. The molecule has 1 heterocycles. The molecule has 26 heavy (non-hydrogen) atoms. The molecule has 0 radical (unpaired) electrons. The minimum Gasteiger partial charge on any atom is -0.423 e. The average Bonchev–Trinajstić information content (AvgIpc) is 3.09. The molecule has 2 atom stereocenters. The highest BCUT2D eigenvalue weighted by Gasteiger charge is 2.53. The molecule has 4 heteroatoms. The van der Waals surface area contributed by atoms with E-state index >= 15 is 0 Å². The summed E-state index contributed by atoms with van der Waals surface area (Å²) in [4.78, 5) is 26.0. The van der Waals surface area contributed by atoms with Crippen molar-refractivity contribution in [2.45, 2.75) is 38.1 Å². The molecule has 0 spiro atoms. The molecule has 4 nitrogen and oxygen atoms in total. The molecule has 1 aliphatic heterocycles. The van der Waals surface area contributed by atoms with Gasteiger partial charge in [0.05, 0.1) is 20.1 Å². The van der Waals surface area contributed by atoms with Gasteiger partial charge in [-0.1, -0.05) is 60.7 Å². The molecule has 0 N–H and O–H groups in total. The Bertz CT molecular complexity index is 720. The van der Waals surface area contributed by atoms with E-state index in [4.69, 9.17) is 4.74 Å². The molecule has 0 saturated carbocycles. The molecule has 2 aromatic carbocycles. The predicted octanol–water partition coefficient (Wildman–Crippen LogP) is 4.50. The lowest BCUT2D eigenvalue weighted by molar-refractivity contribution is -0.792. The van der Waals surface area contributed by atoms with Gasteiger partial charge in [-0.2, -0.15) is 9.28 Å². The van der Waals surface area contributed by atoms with E-state index in [9.17, 15) is 9.59 Å². The Balaban J connectivity index is 1.96. The lowest BCUT2D eigenvalue weighted by atomic mass is 9.87. The van der Waals surface area contributed by atoms with Crippen molar-refractivity contribution in [1.29, 1.82) is 0 Å². The molecule has 1 unspecified atom stereocenters. The average molecular weight is 352 g/mol. The van der Waals surface area contributed by atoms with Crippen LogP contribution in [0.2, 0.25) is 0 Å². The van der Waals surface area contributed by atoms with Gasteiger partial charge in [0.2, 0.25) is 0 Å². The third-order valence-corrected chi connectivity index (χ3v) is 5.61. The first-order chi connectivity index (χ1) is 12.6. The smallest absolute Gasteiger partial charge is 0.423 e. The second kappa shape index (κ2) is 7.83. The van der Waals surface area contributed by atoms with E-state index < -0.39 is 6.09 Å². The summed E-state index contributed by atoms with van der Waals surface area (Å²) >= 11 is 0. The standard InChI is InChI=1S/C22H26NO3/c1-17-10-9-15-23(17,22(25)26-2)21(24)16-20(18-11-5-3-6-12-18)19-13-7-4-8-14-19/h3-8,11-14,17,20H,9-10,15-16H2,1-2H3/q+1/t17-,23?/m1/s1. The van der Waals surface area contributed by atoms with Gasteiger partial charge in [-0.05, 0) is 18.1 Å². The van der Waals surface area contributed by atoms with Gasteiger partial charge in [-0.25, -0.2) is 4.79 Å². The van der Waals surface area contributed by atoms with E-state index in [-0.39, 0.29) is 28.8 Å². The number of carbonyl (C=O) groups excluding carboxylic acids is 2. The van der Waals surface area contributed by atoms with E-state index in [1.807, 2.05) is 67.6 Å². The minimum atomic E-state index is -0.431. The fraction of sp³-hybridized carbons (Fsp3) is 0.364. The molecular weight excluding hydrogens is 326 g/mol. The van der Waals surface area contributed by atoms with Crippen LogP contribution in [0.25, 0.3) is 0 Å². The van der Waals surface area contributed by atoms with Crippen LogP contribution in [0.3, 0.4) is 0 Å². The number of nitrogens with zero attached hydrogens (tertiary/aromatic N) is 1. The van der Waals surface area contributed by atoms with Crippen molar-refractivity contribution in [1.82, 2.24) is 0 Å². The number of hydrogen-bond acceptors (Lipinski definition) is 3. The number of hydrogen-bond donors (Lipinski definition) is 0. The first-order valence-electron chi connectivity index (χ1n) is 9.19. The monoisotopic (exact) mass is 352 g/mol. The van der Waals surface area contributed by atoms with Crippen molar-refractivity contribution in [3.05, 3.63) is 71.8 Å². The van der Waals surface area contributed by atoms with Crippen molar-refractivity contribution in [3.8, 4) is 0 Å². The summed E-state index contributed by atoms with van der Waals surface area (Å²) in [6.07, 6.45) is 1.58. The van der Waals surface area contributed by atoms with Gasteiger partial charge in [0, 0.05) is 18.8 Å². The van der Waals surface area contributed by atoms with Crippen LogP contribution >= 0.6 is 0 Å². The number of ether oxygens (including phenoxy) is 1. The fourth-order valence-corrected chi connectivity index (χ4v) is 4.12. The van der Waals surface area contributed by atoms with Crippen LogP contribution in [0.5, 0.6) is 0 Å². The summed E-state index contributed by atoms with van der Waals surface area (Å²) in [5.41, 5.74) is 2.17. The maximum atomic E-state index is 13.4. The second-order valence-corrected chi connectivity index (χ2v) is 7.03. The van der Waals surface area contributed by atoms with E-state index in [1.165, 1.54) is 7.11 Å². The van der Waals surface area contributed by atoms with Gasteiger partial charge in [0.15, 0.2) is 0 Å². The highest BCUT2D eigenvalue weighted by molar-refractivity contribution is 5.82. The molecule has 0 bridgehead atoms. The van der Waals surface area contributed by atoms with Crippen LogP contribution in [0.4, 0.5) is 4.79 Å². The number of likely N-dealkylation sites (tertiary alicyclic amines) is 1. The maximum absolute atomic E-state index is 13.4. The molecule has 0 aromatic heterocycles. The number of benzene rings is 2. The largest absolute Gasteiger partial charge is 0.523 e. The summed E-state index contributed by atoms with van der Waals surface area (Å²) in [7, 11) is 1.37. The van der Waals surface area contributed by atoms with Gasteiger partial charge in [0.25, 0.3) is 0 Å². The molecular formula is C22H26NO3+. The van der Waals surface area contributed by atoms with Gasteiger partial charge in [-0.3, -0.25) is 0 Å². The minimum absolute atomic E-state index is 0.0397. The van der Waals surface area contributed by atoms with Crippen molar-refractivity contribution >= 4 is 12.0 Å². The Morgan fingerprint density at radius 1 is 1.04 bits per heavy atom. The molecule has 1 aliphatic rings. The van der Waals surface area contributed by atoms with Crippen LogP contribution in [0, 0.1) is 0 Å². The van der Waals surface area contributed by atoms with Gasteiger partial charge < -0.3 is 4.74 Å². The maximum Gasteiger partial charge on any atom is 0.523 e. The lowest BCUT2D eigenvalue weighted by Crippen LogP contribution is -2.59.